The van der Waals surface area contributed by atoms with Gasteiger partial charge in [-0.3, -0.25) is 9.59 Å². The van der Waals surface area contributed by atoms with E-state index in [1.807, 2.05) is 31.2 Å². The van der Waals surface area contributed by atoms with Gasteiger partial charge in [0.15, 0.2) is 0 Å². The smallest absolute Gasteiger partial charge is 0.231 e. The van der Waals surface area contributed by atoms with Crippen molar-refractivity contribution in [3.63, 3.8) is 0 Å². The second kappa shape index (κ2) is 7.05. The first-order chi connectivity index (χ1) is 12.0. The van der Waals surface area contributed by atoms with E-state index in [-0.39, 0.29) is 30.0 Å². The Hall–Kier alpha value is -2.69. The first-order valence-electron chi connectivity index (χ1n) is 8.38. The molecule has 0 saturated heterocycles. The summed E-state index contributed by atoms with van der Waals surface area (Å²) < 4.78 is 13.9. The molecule has 2 aromatic rings. The van der Waals surface area contributed by atoms with Crippen LogP contribution in [0.2, 0.25) is 0 Å². The van der Waals surface area contributed by atoms with Gasteiger partial charge in [0.1, 0.15) is 5.82 Å². The number of amides is 2. The summed E-state index contributed by atoms with van der Waals surface area (Å²) in [5.41, 5.74) is 1.80. The Balaban J connectivity index is 1.96. The van der Waals surface area contributed by atoms with Gasteiger partial charge in [-0.05, 0) is 29.7 Å². The fourth-order valence-electron chi connectivity index (χ4n) is 3.23. The number of hydrogen-bond acceptors (Lipinski definition) is 2. The highest BCUT2D eigenvalue weighted by Gasteiger charge is 2.29. The Morgan fingerprint density at radius 3 is 2.20 bits per heavy atom. The third-order valence-corrected chi connectivity index (χ3v) is 4.43. The number of nitrogens with zero attached hydrogens (tertiary/aromatic N) is 2. The summed E-state index contributed by atoms with van der Waals surface area (Å²) in [5.74, 6) is -0.490. The fraction of sp³-hybridized carbons (Fsp3) is 0.300. The number of rotatable bonds is 2. The van der Waals surface area contributed by atoms with Crippen molar-refractivity contribution >= 4 is 23.2 Å². The zero-order valence-corrected chi connectivity index (χ0v) is 14.4. The number of hydrogen-bond donors (Lipinski definition) is 0. The highest BCUT2D eigenvalue weighted by atomic mass is 19.1. The van der Waals surface area contributed by atoms with Crippen LogP contribution in [0.1, 0.15) is 19.4 Å². The van der Waals surface area contributed by atoms with Gasteiger partial charge in [-0.25, -0.2) is 4.39 Å². The number of para-hydroxylation sites is 2. The van der Waals surface area contributed by atoms with Gasteiger partial charge in [0, 0.05) is 20.0 Å². The summed E-state index contributed by atoms with van der Waals surface area (Å²) in [7, 11) is 0. The minimum absolute atomic E-state index is 0.00615. The van der Waals surface area contributed by atoms with Crippen molar-refractivity contribution in [1.29, 1.82) is 0 Å². The molecule has 0 bridgehead atoms. The van der Waals surface area contributed by atoms with Crippen molar-refractivity contribution in [2.75, 3.05) is 22.9 Å². The van der Waals surface area contributed by atoms with Crippen LogP contribution in [0.15, 0.2) is 48.5 Å². The third kappa shape index (κ3) is 3.55. The molecule has 0 aliphatic carbocycles. The number of anilines is 2. The first kappa shape index (κ1) is 17.1. The van der Waals surface area contributed by atoms with Gasteiger partial charge >= 0.3 is 0 Å². The molecule has 0 saturated carbocycles. The van der Waals surface area contributed by atoms with E-state index in [1.165, 1.54) is 13.0 Å². The summed E-state index contributed by atoms with van der Waals surface area (Å²) in [4.78, 5) is 28.3. The normalized spacial score (nSPS) is 17.0. The molecule has 1 heterocycles. The molecule has 1 atom stereocenters. The molecule has 0 unspecified atom stereocenters. The quantitative estimate of drug-likeness (QED) is 0.841. The van der Waals surface area contributed by atoms with Crippen LogP contribution in [0.4, 0.5) is 15.8 Å². The molecule has 1 aliphatic rings. The van der Waals surface area contributed by atoms with E-state index in [9.17, 15) is 14.0 Å². The highest BCUT2D eigenvalue weighted by Crippen LogP contribution is 2.34. The number of halogens is 1. The van der Waals surface area contributed by atoms with Gasteiger partial charge in [0.05, 0.1) is 17.8 Å². The van der Waals surface area contributed by atoms with Crippen molar-refractivity contribution in [3.8, 4) is 0 Å². The van der Waals surface area contributed by atoms with Crippen molar-refractivity contribution in [1.82, 2.24) is 0 Å². The lowest BCUT2D eigenvalue weighted by atomic mass is 10.1. The van der Waals surface area contributed by atoms with Crippen LogP contribution in [0.3, 0.4) is 0 Å². The maximum Gasteiger partial charge on any atom is 0.231 e. The lowest BCUT2D eigenvalue weighted by Gasteiger charge is -2.25. The molecule has 4 nitrogen and oxygen atoms in total. The minimum Gasteiger partial charge on any atom is -0.310 e. The van der Waals surface area contributed by atoms with E-state index >= 15 is 0 Å². The average Bonchev–Trinajstić information content (AvgIpc) is 2.74. The van der Waals surface area contributed by atoms with Crippen LogP contribution in [0.25, 0.3) is 0 Å². The molecular formula is C20H21FN2O2. The summed E-state index contributed by atoms with van der Waals surface area (Å²) in [6.07, 6.45) is -0.00615. The summed E-state index contributed by atoms with van der Waals surface area (Å²) in [5, 5.41) is 0. The third-order valence-electron chi connectivity index (χ3n) is 4.43. The van der Waals surface area contributed by atoms with Gasteiger partial charge < -0.3 is 9.80 Å². The van der Waals surface area contributed by atoms with E-state index in [0.29, 0.717) is 24.3 Å². The van der Waals surface area contributed by atoms with Crippen LogP contribution in [-0.4, -0.2) is 24.9 Å². The maximum absolute atomic E-state index is 13.9. The number of carbonyl (C=O) groups is 2. The number of fused-ring (bicyclic) bond motifs is 1. The minimum atomic E-state index is -0.377. The van der Waals surface area contributed by atoms with Gasteiger partial charge in [0.25, 0.3) is 0 Å². The Morgan fingerprint density at radius 1 is 1.00 bits per heavy atom. The predicted octanol–water partition coefficient (Wildman–Crippen LogP) is 3.40. The molecule has 2 amide bonds. The van der Waals surface area contributed by atoms with E-state index in [2.05, 4.69) is 0 Å². The molecule has 5 heteroatoms. The Bertz CT molecular complexity index is 806. The summed E-state index contributed by atoms with van der Waals surface area (Å²) in [6, 6.07) is 13.7. The molecule has 0 N–H and O–H groups in total. The molecule has 1 aliphatic heterocycles. The lowest BCUT2D eigenvalue weighted by molar-refractivity contribution is -0.118. The van der Waals surface area contributed by atoms with Gasteiger partial charge in [0.2, 0.25) is 11.8 Å². The predicted molar refractivity (Wildman–Crippen MR) is 96.1 cm³/mol. The summed E-state index contributed by atoms with van der Waals surface area (Å²) >= 11 is 0. The molecule has 25 heavy (non-hydrogen) atoms. The summed E-state index contributed by atoms with van der Waals surface area (Å²) in [6.45, 7) is 4.58. The fourth-order valence-corrected chi connectivity index (χ4v) is 3.23. The molecule has 130 valence electrons. The maximum atomic E-state index is 13.9. The van der Waals surface area contributed by atoms with Gasteiger partial charge in [-0.2, -0.15) is 0 Å². The average molecular weight is 340 g/mol. The Labute approximate surface area is 146 Å². The zero-order chi connectivity index (χ0) is 18.0. The van der Waals surface area contributed by atoms with Gasteiger partial charge in [-0.15, -0.1) is 0 Å². The largest absolute Gasteiger partial charge is 0.310 e. The van der Waals surface area contributed by atoms with Crippen molar-refractivity contribution in [2.45, 2.75) is 20.3 Å². The van der Waals surface area contributed by atoms with Crippen LogP contribution in [0, 0.1) is 11.7 Å². The number of carbonyl (C=O) groups excluding carboxylic acids is 2. The standard InChI is InChI=1S/C20H21FN2O2/c1-14-12-22(15(2)24)18-9-5-6-10-19(18)23(13-14)20(25)11-16-7-3-4-8-17(16)21/h3-10,14H,11-13H2,1-2H3/t14-/m1/s1. The second-order valence-electron chi connectivity index (χ2n) is 6.50. The van der Waals surface area contributed by atoms with Crippen molar-refractivity contribution < 1.29 is 14.0 Å². The van der Waals surface area contributed by atoms with E-state index in [4.69, 9.17) is 0 Å². The molecule has 0 spiro atoms. The zero-order valence-electron chi connectivity index (χ0n) is 14.4. The molecule has 0 fully saturated rings. The van der Waals surface area contributed by atoms with Crippen LogP contribution in [0.5, 0.6) is 0 Å². The number of benzene rings is 2. The van der Waals surface area contributed by atoms with E-state index in [1.54, 1.807) is 28.0 Å². The lowest BCUT2D eigenvalue weighted by Crippen LogP contribution is -2.36. The van der Waals surface area contributed by atoms with Gasteiger partial charge in [-0.1, -0.05) is 37.3 Å². The topological polar surface area (TPSA) is 40.6 Å². The Morgan fingerprint density at radius 2 is 1.56 bits per heavy atom. The molecule has 0 radical (unpaired) electrons. The van der Waals surface area contributed by atoms with Crippen LogP contribution >= 0.6 is 0 Å². The van der Waals surface area contributed by atoms with Crippen LogP contribution in [-0.2, 0) is 16.0 Å². The van der Waals surface area contributed by atoms with Crippen LogP contribution < -0.4 is 9.80 Å². The van der Waals surface area contributed by atoms with Crippen molar-refractivity contribution in [2.24, 2.45) is 5.92 Å². The molecular weight excluding hydrogens is 319 g/mol. The van der Waals surface area contributed by atoms with E-state index < -0.39 is 0 Å². The monoisotopic (exact) mass is 340 g/mol. The highest BCUT2D eigenvalue weighted by molar-refractivity contribution is 6.02. The Kier molecular flexibility index (Phi) is 4.83. The van der Waals surface area contributed by atoms with Crippen molar-refractivity contribution in [3.05, 3.63) is 59.9 Å². The SMILES string of the molecule is CC(=O)N1C[C@@H](C)CN(C(=O)Cc2ccccc2F)c2ccccc21. The molecule has 3 rings (SSSR count). The molecule has 0 aromatic heterocycles. The van der Waals surface area contributed by atoms with E-state index in [0.717, 1.165) is 5.69 Å². The molecule has 2 aromatic carbocycles. The first-order valence-corrected chi connectivity index (χ1v) is 8.38. The second-order valence-corrected chi connectivity index (χ2v) is 6.50.